The van der Waals surface area contributed by atoms with Crippen LogP contribution in [0, 0.1) is 0 Å². The fourth-order valence-electron chi connectivity index (χ4n) is 1.20. The number of aromatic nitrogens is 1. The zero-order valence-corrected chi connectivity index (χ0v) is 8.79. The minimum atomic E-state index is 0.185. The summed E-state index contributed by atoms with van der Waals surface area (Å²) in [7, 11) is 1.93. The summed E-state index contributed by atoms with van der Waals surface area (Å²) >= 11 is 0. The van der Waals surface area contributed by atoms with Gasteiger partial charge in [0.25, 0.3) is 0 Å². The highest BCUT2D eigenvalue weighted by atomic mass is 16.3. The summed E-state index contributed by atoms with van der Waals surface area (Å²) in [5, 5.41) is 11.8. The topological polar surface area (TPSA) is 58.3 Å². The van der Waals surface area contributed by atoms with E-state index in [9.17, 15) is 0 Å². The average Bonchev–Trinajstić information content (AvgIpc) is 2.62. The van der Waals surface area contributed by atoms with Crippen LogP contribution in [0.2, 0.25) is 0 Å². The van der Waals surface area contributed by atoms with Crippen molar-refractivity contribution in [3.63, 3.8) is 0 Å². The van der Waals surface area contributed by atoms with Gasteiger partial charge in [-0.3, -0.25) is 0 Å². The maximum Gasteiger partial charge on any atom is 0.194 e. The van der Waals surface area contributed by atoms with Gasteiger partial charge in [-0.2, -0.15) is 0 Å². The molecule has 2 N–H and O–H groups in total. The lowest BCUT2D eigenvalue weighted by atomic mass is 10.2. The minimum Gasteiger partial charge on any atom is -0.449 e. The summed E-state index contributed by atoms with van der Waals surface area (Å²) in [6.45, 7) is 2.28. The van der Waals surface area contributed by atoms with E-state index in [1.807, 2.05) is 7.05 Å². The molecule has 0 fully saturated rings. The van der Waals surface area contributed by atoms with Crippen LogP contribution in [-0.2, 0) is 12.8 Å². The molecule has 0 saturated heterocycles. The summed E-state index contributed by atoms with van der Waals surface area (Å²) in [4.78, 5) is 4.32. The number of hydrogen-bond acceptors (Lipinski definition) is 4. The molecular weight excluding hydrogens is 180 g/mol. The molecule has 0 aliphatic rings. The number of nitrogens with zero attached hydrogens (tertiary/aromatic N) is 1. The van der Waals surface area contributed by atoms with Crippen LogP contribution in [0.3, 0.4) is 0 Å². The molecule has 4 heteroatoms. The van der Waals surface area contributed by atoms with E-state index < -0.39 is 0 Å². The molecule has 0 bridgehead atoms. The summed E-state index contributed by atoms with van der Waals surface area (Å²) in [5.74, 6) is 0.720. The molecule has 0 aliphatic carbocycles. The van der Waals surface area contributed by atoms with E-state index in [4.69, 9.17) is 9.52 Å². The van der Waals surface area contributed by atoms with E-state index >= 15 is 0 Å². The minimum absolute atomic E-state index is 0.185. The number of hydrogen-bond donors (Lipinski definition) is 2. The summed E-state index contributed by atoms with van der Waals surface area (Å²) in [5.41, 5.74) is 0.972. The van der Waals surface area contributed by atoms with Gasteiger partial charge in [0.1, 0.15) is 6.26 Å². The van der Waals surface area contributed by atoms with Crippen molar-refractivity contribution in [2.24, 2.45) is 0 Å². The molecule has 1 unspecified atom stereocenters. The number of aliphatic hydroxyl groups is 1. The van der Waals surface area contributed by atoms with E-state index in [2.05, 4.69) is 17.2 Å². The monoisotopic (exact) mass is 198 g/mol. The number of rotatable bonds is 6. The van der Waals surface area contributed by atoms with E-state index in [0.29, 0.717) is 18.9 Å². The van der Waals surface area contributed by atoms with E-state index in [-0.39, 0.29) is 6.61 Å². The van der Waals surface area contributed by atoms with Crippen molar-refractivity contribution in [1.82, 2.24) is 10.3 Å². The molecule has 80 valence electrons. The Kier molecular flexibility index (Phi) is 4.62. The standard InChI is InChI=1S/C10H18N2O2/c1-8(11-2)6-9-7-14-10(12-9)4-3-5-13/h7-8,11,13H,3-6H2,1-2H3. The van der Waals surface area contributed by atoms with Gasteiger partial charge in [-0.05, 0) is 20.4 Å². The van der Waals surface area contributed by atoms with Crippen LogP contribution >= 0.6 is 0 Å². The normalized spacial score (nSPS) is 13.1. The molecule has 1 aromatic rings. The third-order valence-corrected chi connectivity index (χ3v) is 2.16. The van der Waals surface area contributed by atoms with E-state index in [0.717, 1.165) is 18.0 Å². The maximum absolute atomic E-state index is 8.64. The molecule has 1 rings (SSSR count). The van der Waals surface area contributed by atoms with Crippen LogP contribution < -0.4 is 5.32 Å². The van der Waals surface area contributed by atoms with Crippen LogP contribution in [0.5, 0.6) is 0 Å². The Bertz CT molecular complexity index is 260. The molecule has 0 aromatic carbocycles. The summed E-state index contributed by atoms with van der Waals surface area (Å²) < 4.78 is 5.26. The van der Waals surface area contributed by atoms with Crippen LogP contribution in [0.25, 0.3) is 0 Å². The molecule has 1 atom stereocenters. The van der Waals surface area contributed by atoms with E-state index in [1.165, 1.54) is 0 Å². The van der Waals surface area contributed by atoms with Crippen molar-refractivity contribution >= 4 is 0 Å². The van der Waals surface area contributed by atoms with Crippen LogP contribution in [-0.4, -0.2) is 29.8 Å². The predicted molar refractivity (Wildman–Crippen MR) is 54.1 cm³/mol. The molecule has 0 radical (unpaired) electrons. The number of likely N-dealkylation sites (N-methyl/N-ethyl adjacent to an activating group) is 1. The van der Waals surface area contributed by atoms with Crippen molar-refractivity contribution in [3.05, 3.63) is 17.8 Å². The largest absolute Gasteiger partial charge is 0.449 e. The van der Waals surface area contributed by atoms with Gasteiger partial charge in [-0.15, -0.1) is 0 Å². The second-order valence-corrected chi connectivity index (χ2v) is 3.45. The second kappa shape index (κ2) is 5.78. The predicted octanol–water partition coefficient (Wildman–Crippen LogP) is 0.750. The Labute approximate surface area is 84.3 Å². The Morgan fingerprint density at radius 1 is 1.64 bits per heavy atom. The third kappa shape index (κ3) is 3.47. The highest BCUT2D eigenvalue weighted by Crippen LogP contribution is 2.06. The first-order valence-electron chi connectivity index (χ1n) is 4.97. The number of nitrogens with one attached hydrogen (secondary N) is 1. The molecule has 4 nitrogen and oxygen atoms in total. The smallest absolute Gasteiger partial charge is 0.194 e. The molecule has 0 aliphatic heterocycles. The number of aryl methyl sites for hydroxylation is 1. The Balaban J connectivity index is 2.42. The first kappa shape index (κ1) is 11.2. The van der Waals surface area contributed by atoms with Gasteiger partial charge in [0, 0.05) is 25.5 Å². The molecule has 0 amide bonds. The van der Waals surface area contributed by atoms with Gasteiger partial charge in [-0.25, -0.2) is 4.98 Å². The van der Waals surface area contributed by atoms with Gasteiger partial charge in [0.2, 0.25) is 0 Å². The lowest BCUT2D eigenvalue weighted by Gasteiger charge is -2.05. The van der Waals surface area contributed by atoms with Crippen molar-refractivity contribution in [2.75, 3.05) is 13.7 Å². The lowest BCUT2D eigenvalue weighted by molar-refractivity contribution is 0.283. The molecule has 1 heterocycles. The van der Waals surface area contributed by atoms with Crippen molar-refractivity contribution in [2.45, 2.75) is 32.2 Å². The Morgan fingerprint density at radius 2 is 2.43 bits per heavy atom. The van der Waals surface area contributed by atoms with Gasteiger partial charge in [0.05, 0.1) is 5.69 Å². The average molecular weight is 198 g/mol. The van der Waals surface area contributed by atoms with Gasteiger partial charge in [-0.1, -0.05) is 0 Å². The number of aliphatic hydroxyl groups excluding tert-OH is 1. The SMILES string of the molecule is CNC(C)Cc1coc(CCCO)n1. The highest BCUT2D eigenvalue weighted by Gasteiger charge is 2.06. The van der Waals surface area contributed by atoms with Gasteiger partial charge in [0.15, 0.2) is 5.89 Å². The highest BCUT2D eigenvalue weighted by molar-refractivity contribution is 4.98. The summed E-state index contributed by atoms with van der Waals surface area (Å²) in [6, 6.07) is 0.408. The quantitative estimate of drug-likeness (QED) is 0.708. The molecule has 0 saturated carbocycles. The van der Waals surface area contributed by atoms with Gasteiger partial charge >= 0.3 is 0 Å². The van der Waals surface area contributed by atoms with Crippen molar-refractivity contribution in [3.8, 4) is 0 Å². The van der Waals surface area contributed by atoms with Crippen molar-refractivity contribution < 1.29 is 9.52 Å². The summed E-state index contributed by atoms with van der Waals surface area (Å²) in [6.07, 6.45) is 3.99. The van der Waals surface area contributed by atoms with Crippen LogP contribution in [0.1, 0.15) is 24.9 Å². The first-order valence-corrected chi connectivity index (χ1v) is 4.97. The van der Waals surface area contributed by atoms with Crippen molar-refractivity contribution in [1.29, 1.82) is 0 Å². The zero-order chi connectivity index (χ0) is 10.4. The van der Waals surface area contributed by atoms with Crippen LogP contribution in [0.4, 0.5) is 0 Å². The molecule has 14 heavy (non-hydrogen) atoms. The number of oxazole rings is 1. The molecule has 1 aromatic heterocycles. The van der Waals surface area contributed by atoms with Crippen LogP contribution in [0.15, 0.2) is 10.7 Å². The lowest BCUT2D eigenvalue weighted by Crippen LogP contribution is -2.23. The second-order valence-electron chi connectivity index (χ2n) is 3.45. The Morgan fingerprint density at radius 3 is 3.07 bits per heavy atom. The fraction of sp³-hybridized carbons (Fsp3) is 0.700. The Hall–Kier alpha value is -0.870. The zero-order valence-electron chi connectivity index (χ0n) is 8.79. The molecule has 0 spiro atoms. The fourth-order valence-corrected chi connectivity index (χ4v) is 1.20. The van der Waals surface area contributed by atoms with Gasteiger partial charge < -0.3 is 14.8 Å². The third-order valence-electron chi connectivity index (χ3n) is 2.16. The molecular formula is C10H18N2O2. The van der Waals surface area contributed by atoms with E-state index in [1.54, 1.807) is 6.26 Å². The maximum atomic E-state index is 8.64. The first-order chi connectivity index (χ1) is 6.76.